The third-order valence-corrected chi connectivity index (χ3v) is 3.41. The van der Waals surface area contributed by atoms with E-state index in [4.69, 9.17) is 10.8 Å². The summed E-state index contributed by atoms with van der Waals surface area (Å²) in [7, 11) is 0. The second kappa shape index (κ2) is 5.26. The Morgan fingerprint density at radius 1 is 1.37 bits per heavy atom. The van der Waals surface area contributed by atoms with Gasteiger partial charge >= 0.3 is 5.97 Å². The van der Waals surface area contributed by atoms with E-state index < -0.39 is 29.7 Å². The number of nitrogens with two attached hydrogens (primary N) is 1. The number of carboxylic acids is 1. The molecule has 5 nitrogen and oxygen atoms in total. The summed E-state index contributed by atoms with van der Waals surface area (Å²) in [5.41, 5.74) is 5.44. The fraction of sp³-hybridized carbons (Fsp3) is 0.385. The van der Waals surface area contributed by atoms with Crippen molar-refractivity contribution < 1.29 is 19.1 Å². The number of carbonyl (C=O) groups is 2. The van der Waals surface area contributed by atoms with Gasteiger partial charge in [-0.25, -0.2) is 4.39 Å². The molecule has 19 heavy (non-hydrogen) atoms. The van der Waals surface area contributed by atoms with Crippen LogP contribution in [0.3, 0.4) is 0 Å². The number of hydrogen-bond donors (Lipinski definition) is 3. The van der Waals surface area contributed by atoms with Gasteiger partial charge in [0.05, 0.1) is 11.6 Å². The molecular weight excluding hydrogens is 251 g/mol. The molecule has 1 aliphatic carbocycles. The molecule has 0 radical (unpaired) electrons. The lowest BCUT2D eigenvalue weighted by molar-refractivity contribution is -0.142. The quantitative estimate of drug-likeness (QED) is 0.721. The molecule has 6 heteroatoms. The van der Waals surface area contributed by atoms with Gasteiger partial charge in [0.25, 0.3) is 5.91 Å². The summed E-state index contributed by atoms with van der Waals surface area (Å²) in [4.78, 5) is 22.9. The molecule has 1 aromatic carbocycles. The first-order valence-corrected chi connectivity index (χ1v) is 6.07. The Hall–Kier alpha value is -2.11. The van der Waals surface area contributed by atoms with Crippen LogP contribution in [0.2, 0.25) is 0 Å². The van der Waals surface area contributed by atoms with Crippen LogP contribution in [0, 0.1) is 11.7 Å². The lowest BCUT2D eigenvalue weighted by atomic mass is 10.0. The summed E-state index contributed by atoms with van der Waals surface area (Å²) >= 11 is 0. The van der Waals surface area contributed by atoms with E-state index in [9.17, 15) is 14.0 Å². The molecule has 0 spiro atoms. The number of benzene rings is 1. The average molecular weight is 266 g/mol. The largest absolute Gasteiger partial charge is 0.481 e. The van der Waals surface area contributed by atoms with Crippen LogP contribution in [0.5, 0.6) is 0 Å². The van der Waals surface area contributed by atoms with Gasteiger partial charge in [0.2, 0.25) is 0 Å². The molecule has 0 heterocycles. The number of aliphatic carboxylic acids is 1. The number of amides is 1. The third kappa shape index (κ3) is 2.83. The normalized spacial score (nSPS) is 22.2. The Bertz CT molecular complexity index is 519. The summed E-state index contributed by atoms with van der Waals surface area (Å²) in [6, 6.07) is 3.38. The third-order valence-electron chi connectivity index (χ3n) is 3.41. The number of nitrogens with one attached hydrogen (secondary N) is 1. The van der Waals surface area contributed by atoms with Crippen molar-refractivity contribution in [1.29, 1.82) is 0 Å². The number of halogens is 1. The highest BCUT2D eigenvalue weighted by Gasteiger charge is 2.34. The van der Waals surface area contributed by atoms with Crippen molar-refractivity contribution in [2.75, 3.05) is 5.73 Å². The van der Waals surface area contributed by atoms with Crippen LogP contribution >= 0.6 is 0 Å². The topological polar surface area (TPSA) is 92.4 Å². The number of hydrogen-bond acceptors (Lipinski definition) is 3. The molecule has 1 aliphatic rings. The Labute approximate surface area is 109 Å². The summed E-state index contributed by atoms with van der Waals surface area (Å²) in [6.07, 6.45) is 1.94. The van der Waals surface area contributed by atoms with Gasteiger partial charge in [-0.05, 0) is 31.0 Å². The first-order chi connectivity index (χ1) is 8.99. The number of carboxylic acid groups (broad SMARTS) is 1. The van der Waals surface area contributed by atoms with Gasteiger partial charge in [0, 0.05) is 11.6 Å². The maximum Gasteiger partial charge on any atom is 0.308 e. The van der Waals surface area contributed by atoms with Gasteiger partial charge in [0.1, 0.15) is 5.82 Å². The summed E-state index contributed by atoms with van der Waals surface area (Å²) in [5, 5.41) is 11.7. The SMILES string of the molecule is Nc1ccc(C(=O)NC2CCCC2C(=O)O)cc1F. The molecule has 4 N–H and O–H groups in total. The number of rotatable bonds is 3. The van der Waals surface area contributed by atoms with E-state index in [1.54, 1.807) is 0 Å². The molecule has 0 bridgehead atoms. The van der Waals surface area contributed by atoms with E-state index in [2.05, 4.69) is 5.32 Å². The van der Waals surface area contributed by atoms with E-state index in [0.717, 1.165) is 12.5 Å². The number of carbonyl (C=O) groups excluding carboxylic acids is 1. The molecule has 2 rings (SSSR count). The molecule has 0 saturated heterocycles. The number of nitrogen functional groups attached to an aromatic ring is 1. The fourth-order valence-corrected chi connectivity index (χ4v) is 2.35. The summed E-state index contributed by atoms with van der Waals surface area (Å²) in [5.74, 6) is -2.61. The van der Waals surface area contributed by atoms with E-state index >= 15 is 0 Å². The van der Waals surface area contributed by atoms with Gasteiger partial charge in [-0.1, -0.05) is 6.42 Å². The lowest BCUT2D eigenvalue weighted by Crippen LogP contribution is -2.40. The smallest absolute Gasteiger partial charge is 0.308 e. The van der Waals surface area contributed by atoms with Crippen molar-refractivity contribution >= 4 is 17.6 Å². The van der Waals surface area contributed by atoms with Crippen LogP contribution in [0.25, 0.3) is 0 Å². The molecular formula is C13H15FN2O3. The van der Waals surface area contributed by atoms with Crippen LogP contribution in [0.15, 0.2) is 18.2 Å². The average Bonchev–Trinajstić information content (AvgIpc) is 2.80. The molecule has 1 fully saturated rings. The standard InChI is InChI=1S/C13H15FN2O3/c14-9-6-7(4-5-10(9)15)12(17)16-11-3-1-2-8(11)13(18)19/h4-6,8,11H,1-3,15H2,(H,16,17)(H,18,19). The zero-order valence-electron chi connectivity index (χ0n) is 10.2. The molecule has 0 aliphatic heterocycles. The molecule has 2 atom stereocenters. The highest BCUT2D eigenvalue weighted by atomic mass is 19.1. The van der Waals surface area contributed by atoms with Gasteiger partial charge in [-0.15, -0.1) is 0 Å². The molecule has 2 unspecified atom stereocenters. The molecule has 0 aromatic heterocycles. The minimum Gasteiger partial charge on any atom is -0.481 e. The highest BCUT2D eigenvalue weighted by Crippen LogP contribution is 2.26. The Morgan fingerprint density at radius 3 is 2.74 bits per heavy atom. The van der Waals surface area contributed by atoms with E-state index in [0.29, 0.717) is 12.8 Å². The van der Waals surface area contributed by atoms with Crippen molar-refractivity contribution in [1.82, 2.24) is 5.32 Å². The highest BCUT2D eigenvalue weighted by molar-refractivity contribution is 5.95. The summed E-state index contributed by atoms with van der Waals surface area (Å²) in [6.45, 7) is 0. The van der Waals surface area contributed by atoms with Gasteiger partial charge in [-0.3, -0.25) is 9.59 Å². The predicted molar refractivity (Wildman–Crippen MR) is 67.0 cm³/mol. The van der Waals surface area contributed by atoms with Crippen molar-refractivity contribution in [3.05, 3.63) is 29.6 Å². The zero-order valence-corrected chi connectivity index (χ0v) is 10.2. The number of anilines is 1. The van der Waals surface area contributed by atoms with E-state index in [1.165, 1.54) is 12.1 Å². The monoisotopic (exact) mass is 266 g/mol. The van der Waals surface area contributed by atoms with Crippen LogP contribution in [0.1, 0.15) is 29.6 Å². The van der Waals surface area contributed by atoms with Crippen LogP contribution in [-0.4, -0.2) is 23.0 Å². The Morgan fingerprint density at radius 2 is 2.11 bits per heavy atom. The molecule has 1 saturated carbocycles. The zero-order chi connectivity index (χ0) is 14.0. The van der Waals surface area contributed by atoms with Gasteiger partial charge in [0.15, 0.2) is 0 Å². The van der Waals surface area contributed by atoms with Gasteiger partial charge < -0.3 is 16.2 Å². The van der Waals surface area contributed by atoms with Crippen LogP contribution in [0.4, 0.5) is 10.1 Å². The van der Waals surface area contributed by atoms with Gasteiger partial charge in [-0.2, -0.15) is 0 Å². The van der Waals surface area contributed by atoms with Crippen molar-refractivity contribution in [3.63, 3.8) is 0 Å². The minimum atomic E-state index is -0.911. The Kier molecular flexibility index (Phi) is 3.69. The minimum absolute atomic E-state index is 0.0270. The molecule has 1 amide bonds. The van der Waals surface area contributed by atoms with E-state index in [1.807, 2.05) is 0 Å². The lowest BCUT2D eigenvalue weighted by Gasteiger charge is -2.17. The Balaban J connectivity index is 2.08. The van der Waals surface area contributed by atoms with E-state index in [-0.39, 0.29) is 11.3 Å². The first-order valence-electron chi connectivity index (χ1n) is 6.07. The van der Waals surface area contributed by atoms with Crippen LogP contribution in [-0.2, 0) is 4.79 Å². The molecule has 1 aromatic rings. The van der Waals surface area contributed by atoms with Crippen molar-refractivity contribution in [2.45, 2.75) is 25.3 Å². The van der Waals surface area contributed by atoms with Crippen molar-refractivity contribution in [3.8, 4) is 0 Å². The van der Waals surface area contributed by atoms with Crippen LogP contribution < -0.4 is 11.1 Å². The second-order valence-electron chi connectivity index (χ2n) is 4.69. The molecule has 102 valence electrons. The van der Waals surface area contributed by atoms with Crippen molar-refractivity contribution in [2.24, 2.45) is 5.92 Å². The first kappa shape index (κ1) is 13.3. The maximum atomic E-state index is 13.3. The summed E-state index contributed by atoms with van der Waals surface area (Å²) < 4.78 is 13.3. The fourth-order valence-electron chi connectivity index (χ4n) is 2.35. The maximum absolute atomic E-state index is 13.3. The predicted octanol–water partition coefficient (Wildman–Crippen LogP) is 1.39. The second-order valence-corrected chi connectivity index (χ2v) is 4.69.